The van der Waals surface area contributed by atoms with Gasteiger partial charge in [0.2, 0.25) is 5.91 Å². The summed E-state index contributed by atoms with van der Waals surface area (Å²) in [6.07, 6.45) is 3.34. The van der Waals surface area contributed by atoms with E-state index in [4.69, 9.17) is 10.8 Å². The number of carboxylic acid groups (broad SMARTS) is 1. The highest BCUT2D eigenvalue weighted by Gasteiger charge is 2.30. The number of nitrogens with one attached hydrogen (secondary N) is 2. The van der Waals surface area contributed by atoms with E-state index in [-0.39, 0.29) is 5.92 Å². The third kappa shape index (κ3) is 4.76. The Morgan fingerprint density at radius 2 is 1.95 bits per heavy atom. The van der Waals surface area contributed by atoms with E-state index in [1.807, 2.05) is 0 Å². The molecule has 0 aliphatic heterocycles. The largest absolute Gasteiger partial charge is 0.481 e. The summed E-state index contributed by atoms with van der Waals surface area (Å²) in [7, 11) is 0. The Labute approximate surface area is 111 Å². The summed E-state index contributed by atoms with van der Waals surface area (Å²) in [4.78, 5) is 33.4. The number of carbonyl (C=O) groups excluding carboxylic acids is 2. The molecular weight excluding hydrogens is 250 g/mol. The van der Waals surface area contributed by atoms with E-state index >= 15 is 0 Å². The van der Waals surface area contributed by atoms with Crippen LogP contribution >= 0.6 is 0 Å². The van der Waals surface area contributed by atoms with Crippen molar-refractivity contribution in [1.29, 1.82) is 0 Å². The third-order valence-electron chi connectivity index (χ3n) is 3.53. The van der Waals surface area contributed by atoms with Crippen LogP contribution in [0.1, 0.15) is 32.6 Å². The van der Waals surface area contributed by atoms with Crippen molar-refractivity contribution in [2.75, 3.05) is 6.54 Å². The maximum Gasteiger partial charge on any atom is 0.315 e. The molecule has 3 atom stereocenters. The molecule has 108 valence electrons. The van der Waals surface area contributed by atoms with Gasteiger partial charge in [-0.3, -0.25) is 9.59 Å². The lowest BCUT2D eigenvalue weighted by Gasteiger charge is -2.28. The van der Waals surface area contributed by atoms with Crippen molar-refractivity contribution in [3.05, 3.63) is 0 Å². The summed E-state index contributed by atoms with van der Waals surface area (Å²) in [5, 5.41) is 14.1. The van der Waals surface area contributed by atoms with Crippen LogP contribution in [0.3, 0.4) is 0 Å². The smallest absolute Gasteiger partial charge is 0.315 e. The zero-order valence-corrected chi connectivity index (χ0v) is 11.0. The van der Waals surface area contributed by atoms with Gasteiger partial charge in [-0.05, 0) is 25.7 Å². The average molecular weight is 271 g/mol. The third-order valence-corrected chi connectivity index (χ3v) is 3.53. The lowest BCUT2D eigenvalue weighted by Crippen LogP contribution is -2.48. The molecule has 1 aliphatic carbocycles. The molecule has 0 aromatic carbocycles. The topological polar surface area (TPSA) is 122 Å². The Kier molecular flexibility index (Phi) is 5.59. The molecule has 0 aromatic heterocycles. The highest BCUT2D eigenvalue weighted by Crippen LogP contribution is 2.29. The van der Waals surface area contributed by atoms with Crippen LogP contribution in [-0.4, -0.2) is 35.6 Å². The van der Waals surface area contributed by atoms with Crippen molar-refractivity contribution in [3.8, 4) is 0 Å². The lowest BCUT2D eigenvalue weighted by atomic mass is 9.79. The van der Waals surface area contributed by atoms with Crippen molar-refractivity contribution in [3.63, 3.8) is 0 Å². The fraction of sp³-hybridized carbons (Fsp3) is 0.750. The number of rotatable bonds is 5. The molecule has 1 aliphatic rings. The van der Waals surface area contributed by atoms with Crippen molar-refractivity contribution in [1.82, 2.24) is 10.6 Å². The molecule has 0 aromatic rings. The normalized spacial score (nSPS) is 24.3. The van der Waals surface area contributed by atoms with Crippen molar-refractivity contribution >= 4 is 17.9 Å². The van der Waals surface area contributed by atoms with Gasteiger partial charge < -0.3 is 21.5 Å². The second-order valence-corrected chi connectivity index (χ2v) is 4.97. The summed E-state index contributed by atoms with van der Waals surface area (Å²) in [6.45, 7) is 1.79. The molecule has 5 N–H and O–H groups in total. The first kappa shape index (κ1) is 15.3. The minimum absolute atomic E-state index is 0.0547. The lowest BCUT2D eigenvalue weighted by molar-refractivity contribution is -0.144. The van der Waals surface area contributed by atoms with E-state index in [0.717, 1.165) is 19.3 Å². The molecule has 0 spiro atoms. The van der Waals surface area contributed by atoms with Gasteiger partial charge >= 0.3 is 12.0 Å². The molecule has 0 bridgehead atoms. The predicted molar refractivity (Wildman–Crippen MR) is 68.3 cm³/mol. The Bertz CT molecular complexity index is 359. The van der Waals surface area contributed by atoms with Crippen LogP contribution in [0, 0.1) is 11.8 Å². The Hall–Kier alpha value is -1.79. The summed E-state index contributed by atoms with van der Waals surface area (Å²) in [6, 6.07) is -1.25. The number of primary amides is 1. The zero-order chi connectivity index (χ0) is 14.4. The molecule has 0 heterocycles. The maximum atomic E-state index is 11.5. The van der Waals surface area contributed by atoms with Gasteiger partial charge in [-0.15, -0.1) is 0 Å². The van der Waals surface area contributed by atoms with E-state index in [1.165, 1.54) is 6.92 Å². The number of nitrogens with two attached hydrogens (primary N) is 1. The average Bonchev–Trinajstić information content (AvgIpc) is 2.36. The Morgan fingerprint density at radius 1 is 1.32 bits per heavy atom. The van der Waals surface area contributed by atoms with E-state index in [0.29, 0.717) is 13.0 Å². The molecule has 19 heavy (non-hydrogen) atoms. The van der Waals surface area contributed by atoms with Crippen LogP contribution in [0.5, 0.6) is 0 Å². The van der Waals surface area contributed by atoms with E-state index in [9.17, 15) is 14.4 Å². The van der Waals surface area contributed by atoms with Crippen LogP contribution in [0.4, 0.5) is 4.79 Å². The first-order chi connectivity index (χ1) is 8.91. The number of aliphatic carboxylic acids is 1. The number of hydrogen-bond acceptors (Lipinski definition) is 3. The SMILES string of the molecule is CC(NC(=O)NCC1CCCCC1C(=O)O)C(N)=O. The fourth-order valence-corrected chi connectivity index (χ4v) is 2.32. The van der Waals surface area contributed by atoms with Crippen LogP contribution < -0.4 is 16.4 Å². The standard InChI is InChI=1S/C12H21N3O4/c1-7(10(13)16)15-12(19)14-6-8-4-2-3-5-9(8)11(17)18/h7-9H,2-6H2,1H3,(H2,13,16)(H,17,18)(H2,14,15,19). The first-order valence-electron chi connectivity index (χ1n) is 6.48. The minimum Gasteiger partial charge on any atom is -0.481 e. The first-order valence-corrected chi connectivity index (χ1v) is 6.48. The summed E-state index contributed by atoms with van der Waals surface area (Å²) >= 11 is 0. The number of carbonyl (C=O) groups is 3. The number of urea groups is 1. The number of hydrogen-bond donors (Lipinski definition) is 4. The second kappa shape index (κ2) is 6.96. The van der Waals surface area contributed by atoms with Gasteiger partial charge in [-0.25, -0.2) is 4.79 Å². The van der Waals surface area contributed by atoms with Gasteiger partial charge in [0, 0.05) is 6.54 Å². The quantitative estimate of drug-likeness (QED) is 0.564. The molecule has 7 nitrogen and oxygen atoms in total. The van der Waals surface area contributed by atoms with E-state index in [1.54, 1.807) is 0 Å². The van der Waals surface area contributed by atoms with Gasteiger partial charge in [0.25, 0.3) is 0 Å². The highest BCUT2D eigenvalue weighted by molar-refractivity contribution is 5.85. The summed E-state index contributed by atoms with van der Waals surface area (Å²) in [5.74, 6) is -1.88. The molecule has 3 amide bonds. The van der Waals surface area contributed by atoms with Crippen molar-refractivity contribution in [2.45, 2.75) is 38.6 Å². The fourth-order valence-electron chi connectivity index (χ4n) is 2.32. The zero-order valence-electron chi connectivity index (χ0n) is 11.0. The van der Waals surface area contributed by atoms with Crippen molar-refractivity contribution < 1.29 is 19.5 Å². The molecular formula is C12H21N3O4. The van der Waals surface area contributed by atoms with E-state index < -0.39 is 29.9 Å². The predicted octanol–water partition coefficient (Wildman–Crippen LogP) is 0.0504. The van der Waals surface area contributed by atoms with E-state index in [2.05, 4.69) is 10.6 Å². The number of amides is 3. The molecule has 1 rings (SSSR count). The van der Waals surface area contributed by atoms with Gasteiger partial charge in [0.05, 0.1) is 5.92 Å². The minimum atomic E-state index is -0.808. The van der Waals surface area contributed by atoms with Crippen LogP contribution in [0.2, 0.25) is 0 Å². The molecule has 1 fully saturated rings. The second-order valence-electron chi connectivity index (χ2n) is 4.97. The van der Waals surface area contributed by atoms with Gasteiger partial charge in [-0.1, -0.05) is 12.8 Å². The molecule has 1 saturated carbocycles. The summed E-state index contributed by atoms with van der Waals surface area (Å²) in [5.41, 5.74) is 5.03. The van der Waals surface area contributed by atoms with Crippen molar-refractivity contribution in [2.24, 2.45) is 17.6 Å². The van der Waals surface area contributed by atoms with Gasteiger partial charge in [0.15, 0.2) is 0 Å². The Morgan fingerprint density at radius 3 is 2.53 bits per heavy atom. The van der Waals surface area contributed by atoms with Crippen LogP contribution in [-0.2, 0) is 9.59 Å². The van der Waals surface area contributed by atoms with Crippen LogP contribution in [0.25, 0.3) is 0 Å². The molecule has 3 unspecified atom stereocenters. The summed E-state index contributed by atoms with van der Waals surface area (Å²) < 4.78 is 0. The maximum absolute atomic E-state index is 11.5. The molecule has 7 heteroatoms. The monoisotopic (exact) mass is 271 g/mol. The van der Waals surface area contributed by atoms with Gasteiger partial charge in [0.1, 0.15) is 6.04 Å². The van der Waals surface area contributed by atoms with Crippen LogP contribution in [0.15, 0.2) is 0 Å². The number of carboxylic acids is 1. The van der Waals surface area contributed by atoms with Gasteiger partial charge in [-0.2, -0.15) is 0 Å². The Balaban J connectivity index is 2.39. The molecule has 0 radical (unpaired) electrons. The molecule has 0 saturated heterocycles. The highest BCUT2D eigenvalue weighted by atomic mass is 16.4.